The summed E-state index contributed by atoms with van der Waals surface area (Å²) in [4.78, 5) is 22.0. The molecule has 2 aromatic rings. The molecule has 0 fully saturated rings. The molecule has 0 aliphatic heterocycles. The van der Waals surface area contributed by atoms with Gasteiger partial charge in [-0.3, -0.25) is 10.1 Å². The van der Waals surface area contributed by atoms with Gasteiger partial charge in [-0.15, -0.1) is 0 Å². The smallest absolute Gasteiger partial charge is 0.411 e. The summed E-state index contributed by atoms with van der Waals surface area (Å²) in [6.07, 6.45) is -1.45. The van der Waals surface area contributed by atoms with E-state index in [2.05, 4.69) is 0 Å². The van der Waals surface area contributed by atoms with Gasteiger partial charge >= 0.3 is 12.1 Å². The van der Waals surface area contributed by atoms with E-state index in [1.165, 1.54) is 26.4 Å². The normalized spacial score (nSPS) is 10.1. The zero-order valence-corrected chi connectivity index (χ0v) is 13.1. The summed E-state index contributed by atoms with van der Waals surface area (Å²) in [5.74, 6) is -1.43. The number of rotatable bonds is 5. The summed E-state index contributed by atoms with van der Waals surface area (Å²) in [6, 6.07) is 4.67. The number of nitrogens with one attached hydrogen (secondary N) is 1. The van der Waals surface area contributed by atoms with Gasteiger partial charge < -0.3 is 28.8 Å². The molecule has 0 saturated carbocycles. The van der Waals surface area contributed by atoms with Crippen LogP contribution in [0, 0.1) is 0 Å². The zero-order chi connectivity index (χ0) is 17.9. The van der Waals surface area contributed by atoms with Crippen LogP contribution in [0.2, 0.25) is 0 Å². The first kappa shape index (κ1) is 17.0. The molecule has 9 nitrogen and oxygen atoms in total. The number of carboxylic acid groups (broad SMARTS) is 1. The molecule has 0 spiro atoms. The number of carbonyl (C=O) groups is 2. The minimum absolute atomic E-state index is 0.118. The van der Waals surface area contributed by atoms with Crippen molar-refractivity contribution in [3.63, 3.8) is 0 Å². The number of hydrogen-bond donors (Lipinski definition) is 3. The summed E-state index contributed by atoms with van der Waals surface area (Å²) < 4.78 is 20.4. The van der Waals surface area contributed by atoms with Crippen LogP contribution in [0.25, 0.3) is 11.3 Å². The Balaban J connectivity index is 2.60. The van der Waals surface area contributed by atoms with E-state index in [-0.39, 0.29) is 5.76 Å². The van der Waals surface area contributed by atoms with Crippen LogP contribution in [0.5, 0.6) is 23.0 Å². The lowest BCUT2D eigenvalue weighted by atomic mass is 10.1. The first-order chi connectivity index (χ1) is 11.3. The Hall–Kier alpha value is -3.36. The van der Waals surface area contributed by atoms with Crippen molar-refractivity contribution in [1.29, 1.82) is 0 Å². The van der Waals surface area contributed by atoms with E-state index in [1.54, 1.807) is 6.07 Å². The molecule has 9 heteroatoms. The van der Waals surface area contributed by atoms with E-state index in [0.29, 0.717) is 17.1 Å². The van der Waals surface area contributed by atoms with Crippen LogP contribution in [-0.2, 0) is 4.79 Å². The van der Waals surface area contributed by atoms with Crippen molar-refractivity contribution in [3.05, 3.63) is 18.2 Å². The van der Waals surface area contributed by atoms with Crippen molar-refractivity contribution in [2.45, 2.75) is 6.92 Å². The Bertz CT molecular complexity index is 758. The third kappa shape index (κ3) is 3.51. The fraction of sp³-hybridized carbons (Fsp3) is 0.200. The average molecular weight is 337 g/mol. The molecule has 3 N–H and O–H groups in total. The second kappa shape index (κ2) is 6.82. The highest BCUT2D eigenvalue weighted by atomic mass is 16.6. The van der Waals surface area contributed by atoms with Crippen molar-refractivity contribution in [2.75, 3.05) is 19.5 Å². The maximum absolute atomic E-state index is 11.2. The molecule has 128 valence electrons. The number of aromatic hydroxyl groups is 1. The lowest BCUT2D eigenvalue weighted by Gasteiger charge is -2.07. The Kier molecular flexibility index (Phi) is 4.83. The number of anilines is 1. The Morgan fingerprint density at radius 2 is 1.71 bits per heavy atom. The van der Waals surface area contributed by atoms with Gasteiger partial charge in [-0.2, -0.15) is 0 Å². The second-order valence-corrected chi connectivity index (χ2v) is 4.56. The minimum Gasteiger partial charge on any atom is -0.502 e. The Morgan fingerprint density at radius 3 is 2.17 bits per heavy atom. The quantitative estimate of drug-likeness (QED) is 0.711. The Labute approximate surface area is 136 Å². The second-order valence-electron chi connectivity index (χ2n) is 4.56. The number of benzene rings is 1. The SMILES string of the molecule is COc1cc(OC)cc(-c2oc(NC(=O)O)c(OC(C)=O)c2O)c1. The summed E-state index contributed by atoms with van der Waals surface area (Å²) in [6.45, 7) is 1.10. The predicted octanol–water partition coefficient (Wildman–Crippen LogP) is 2.68. The van der Waals surface area contributed by atoms with Crippen molar-refractivity contribution in [2.24, 2.45) is 0 Å². The minimum atomic E-state index is -1.45. The average Bonchev–Trinajstić information content (AvgIpc) is 2.82. The topological polar surface area (TPSA) is 127 Å². The van der Waals surface area contributed by atoms with Crippen molar-refractivity contribution in [1.82, 2.24) is 0 Å². The molecule has 0 saturated heterocycles. The van der Waals surface area contributed by atoms with Crippen LogP contribution in [0.15, 0.2) is 22.6 Å². The van der Waals surface area contributed by atoms with Gasteiger partial charge in [-0.05, 0) is 12.1 Å². The molecule has 0 radical (unpaired) electrons. The summed E-state index contributed by atoms with van der Waals surface area (Å²) >= 11 is 0. The molecule has 24 heavy (non-hydrogen) atoms. The number of hydrogen-bond acceptors (Lipinski definition) is 7. The summed E-state index contributed by atoms with van der Waals surface area (Å²) in [5, 5.41) is 21.0. The number of furan rings is 1. The van der Waals surface area contributed by atoms with Gasteiger partial charge in [-0.25, -0.2) is 4.79 Å². The van der Waals surface area contributed by atoms with Gasteiger partial charge in [0.2, 0.25) is 11.5 Å². The third-order valence-electron chi connectivity index (χ3n) is 2.92. The maximum Gasteiger partial charge on any atom is 0.411 e. The van der Waals surface area contributed by atoms with Crippen LogP contribution in [0.4, 0.5) is 10.7 Å². The summed E-state index contributed by atoms with van der Waals surface area (Å²) in [7, 11) is 2.89. The third-order valence-corrected chi connectivity index (χ3v) is 2.92. The lowest BCUT2D eigenvalue weighted by molar-refractivity contribution is -0.132. The number of ether oxygens (including phenoxy) is 3. The molecule has 1 heterocycles. The van der Waals surface area contributed by atoms with Crippen molar-refractivity contribution < 1.29 is 38.4 Å². The van der Waals surface area contributed by atoms with Gasteiger partial charge in [0, 0.05) is 18.6 Å². The fourth-order valence-electron chi connectivity index (χ4n) is 1.96. The van der Waals surface area contributed by atoms with Gasteiger partial charge in [0.05, 0.1) is 14.2 Å². The standard InChI is InChI=1S/C15H15NO8/c1-7(17)23-13-11(18)12(24-14(13)16-15(19)20)8-4-9(21-2)6-10(5-8)22-3/h4-6,16,18H,1-3H3,(H,19,20). The van der Waals surface area contributed by atoms with Gasteiger partial charge in [0.25, 0.3) is 5.88 Å². The molecular weight excluding hydrogens is 322 g/mol. The number of esters is 1. The highest BCUT2D eigenvalue weighted by Crippen LogP contribution is 2.47. The molecule has 0 atom stereocenters. The molecule has 0 bridgehead atoms. The zero-order valence-electron chi connectivity index (χ0n) is 13.1. The number of carbonyl (C=O) groups excluding carboxylic acids is 1. The predicted molar refractivity (Wildman–Crippen MR) is 81.9 cm³/mol. The molecule has 1 aromatic heterocycles. The van der Waals surface area contributed by atoms with Crippen molar-refractivity contribution >= 4 is 17.9 Å². The van der Waals surface area contributed by atoms with E-state index in [9.17, 15) is 14.7 Å². The van der Waals surface area contributed by atoms with E-state index >= 15 is 0 Å². The lowest BCUT2D eigenvalue weighted by Crippen LogP contribution is -2.09. The van der Waals surface area contributed by atoms with Crippen LogP contribution >= 0.6 is 0 Å². The van der Waals surface area contributed by atoms with Gasteiger partial charge in [0.1, 0.15) is 11.5 Å². The Morgan fingerprint density at radius 1 is 1.12 bits per heavy atom. The largest absolute Gasteiger partial charge is 0.502 e. The molecular formula is C15H15NO8. The van der Waals surface area contributed by atoms with E-state index < -0.39 is 29.4 Å². The number of amides is 1. The highest BCUT2D eigenvalue weighted by molar-refractivity contribution is 5.88. The van der Waals surface area contributed by atoms with Crippen LogP contribution in [0.1, 0.15) is 6.92 Å². The maximum atomic E-state index is 11.2. The van der Waals surface area contributed by atoms with Crippen molar-refractivity contribution in [3.8, 4) is 34.3 Å². The molecule has 0 aliphatic carbocycles. The van der Waals surface area contributed by atoms with Crippen LogP contribution in [0.3, 0.4) is 0 Å². The first-order valence-corrected chi connectivity index (χ1v) is 6.63. The molecule has 1 amide bonds. The molecule has 2 rings (SSSR count). The highest BCUT2D eigenvalue weighted by Gasteiger charge is 2.26. The molecule has 0 aliphatic rings. The summed E-state index contributed by atoms with van der Waals surface area (Å²) in [5.41, 5.74) is 0.329. The molecule has 1 aromatic carbocycles. The fourth-order valence-corrected chi connectivity index (χ4v) is 1.96. The monoisotopic (exact) mass is 337 g/mol. The van der Waals surface area contributed by atoms with Crippen LogP contribution in [-0.4, -0.2) is 36.5 Å². The first-order valence-electron chi connectivity index (χ1n) is 6.63. The number of methoxy groups -OCH3 is 2. The van der Waals surface area contributed by atoms with E-state index in [0.717, 1.165) is 6.92 Å². The van der Waals surface area contributed by atoms with E-state index in [1.807, 2.05) is 5.32 Å². The van der Waals surface area contributed by atoms with Gasteiger partial charge in [0.15, 0.2) is 5.76 Å². The van der Waals surface area contributed by atoms with Gasteiger partial charge in [-0.1, -0.05) is 0 Å². The van der Waals surface area contributed by atoms with Crippen LogP contribution < -0.4 is 19.5 Å². The van der Waals surface area contributed by atoms with E-state index in [4.69, 9.17) is 23.7 Å². The molecule has 0 unspecified atom stereocenters.